The van der Waals surface area contributed by atoms with Gasteiger partial charge in [0.05, 0.1) is 12.2 Å². The molecule has 0 saturated carbocycles. The summed E-state index contributed by atoms with van der Waals surface area (Å²) >= 11 is 5.96. The molecule has 0 aliphatic carbocycles. The summed E-state index contributed by atoms with van der Waals surface area (Å²) in [7, 11) is 1.76. The summed E-state index contributed by atoms with van der Waals surface area (Å²) in [5.74, 6) is 0.491. The van der Waals surface area contributed by atoms with Gasteiger partial charge in [0.15, 0.2) is 0 Å². The third-order valence-electron chi connectivity index (χ3n) is 2.90. The van der Waals surface area contributed by atoms with Crippen LogP contribution in [0.15, 0.2) is 42.5 Å². The normalized spacial score (nSPS) is 10.0. The first kappa shape index (κ1) is 15.2. The van der Waals surface area contributed by atoms with Crippen molar-refractivity contribution < 1.29 is 9.53 Å². The molecule has 2 aromatic carbocycles. The maximum absolute atomic E-state index is 12.4. The van der Waals surface area contributed by atoms with Crippen molar-refractivity contribution >= 4 is 28.9 Å². The fraction of sp³-hybridized carbons (Fsp3) is 0.188. The fourth-order valence-electron chi connectivity index (χ4n) is 1.95. The van der Waals surface area contributed by atoms with Crippen LogP contribution in [-0.4, -0.2) is 19.6 Å². The van der Waals surface area contributed by atoms with Crippen LogP contribution in [-0.2, 0) is 0 Å². The number of anilines is 2. The molecule has 0 fully saturated rings. The van der Waals surface area contributed by atoms with Gasteiger partial charge >= 0.3 is 0 Å². The lowest BCUT2D eigenvalue weighted by Crippen LogP contribution is -2.14. The van der Waals surface area contributed by atoms with Crippen LogP contribution >= 0.6 is 11.6 Å². The van der Waals surface area contributed by atoms with E-state index in [0.29, 0.717) is 22.9 Å². The highest BCUT2D eigenvalue weighted by atomic mass is 35.5. The lowest BCUT2D eigenvalue weighted by Gasteiger charge is -2.11. The zero-order valence-corrected chi connectivity index (χ0v) is 12.7. The molecule has 0 spiro atoms. The van der Waals surface area contributed by atoms with Crippen LogP contribution in [0.25, 0.3) is 0 Å². The van der Waals surface area contributed by atoms with Crippen molar-refractivity contribution in [2.75, 3.05) is 24.3 Å². The van der Waals surface area contributed by atoms with Crippen LogP contribution in [0, 0.1) is 0 Å². The quantitative estimate of drug-likeness (QED) is 0.876. The summed E-state index contributed by atoms with van der Waals surface area (Å²) in [5.41, 5.74) is 1.89. The lowest BCUT2D eigenvalue weighted by atomic mass is 10.1. The van der Waals surface area contributed by atoms with Gasteiger partial charge in [-0.25, -0.2) is 0 Å². The number of benzene rings is 2. The number of carbonyl (C=O) groups excluding carboxylic acids is 1. The zero-order valence-electron chi connectivity index (χ0n) is 11.9. The van der Waals surface area contributed by atoms with E-state index in [9.17, 15) is 4.79 Å². The van der Waals surface area contributed by atoms with Crippen molar-refractivity contribution in [1.82, 2.24) is 0 Å². The standard InChI is InChI=1S/C16H17ClN2O2/c1-3-21-13-6-4-5-12(10-13)19-16(20)14-9-11(17)7-8-15(14)18-2/h4-10,18H,3H2,1-2H3,(H,19,20). The molecule has 4 nitrogen and oxygen atoms in total. The van der Waals surface area contributed by atoms with Gasteiger partial charge in [-0.05, 0) is 37.3 Å². The minimum absolute atomic E-state index is 0.226. The van der Waals surface area contributed by atoms with E-state index in [0.717, 1.165) is 11.4 Å². The molecule has 2 N–H and O–H groups in total. The second kappa shape index (κ2) is 6.99. The van der Waals surface area contributed by atoms with Crippen molar-refractivity contribution in [2.24, 2.45) is 0 Å². The summed E-state index contributed by atoms with van der Waals surface area (Å²) in [4.78, 5) is 12.4. The first-order chi connectivity index (χ1) is 10.1. The van der Waals surface area contributed by atoms with E-state index in [4.69, 9.17) is 16.3 Å². The van der Waals surface area contributed by atoms with E-state index < -0.39 is 0 Å². The highest BCUT2D eigenvalue weighted by molar-refractivity contribution is 6.31. The third kappa shape index (κ3) is 3.89. The van der Waals surface area contributed by atoms with Crippen LogP contribution < -0.4 is 15.4 Å². The van der Waals surface area contributed by atoms with Gasteiger partial charge in [0.1, 0.15) is 5.75 Å². The van der Waals surface area contributed by atoms with Crippen molar-refractivity contribution in [1.29, 1.82) is 0 Å². The molecule has 0 aliphatic rings. The first-order valence-corrected chi connectivity index (χ1v) is 7.03. The molecule has 0 aliphatic heterocycles. The Morgan fingerprint density at radius 2 is 2.05 bits per heavy atom. The smallest absolute Gasteiger partial charge is 0.257 e. The van der Waals surface area contributed by atoms with Gasteiger partial charge in [-0.3, -0.25) is 4.79 Å². The minimum atomic E-state index is -0.226. The summed E-state index contributed by atoms with van der Waals surface area (Å²) in [6.45, 7) is 2.49. The summed E-state index contributed by atoms with van der Waals surface area (Å²) < 4.78 is 5.41. The van der Waals surface area contributed by atoms with Gasteiger partial charge in [-0.1, -0.05) is 17.7 Å². The van der Waals surface area contributed by atoms with Crippen molar-refractivity contribution in [3.8, 4) is 5.75 Å². The van der Waals surface area contributed by atoms with Crippen molar-refractivity contribution in [3.63, 3.8) is 0 Å². The Bertz CT molecular complexity index is 644. The lowest BCUT2D eigenvalue weighted by molar-refractivity contribution is 0.102. The number of carbonyl (C=O) groups is 1. The van der Waals surface area contributed by atoms with Gasteiger partial charge < -0.3 is 15.4 Å². The Labute approximate surface area is 129 Å². The summed E-state index contributed by atoms with van der Waals surface area (Å²) in [5, 5.41) is 6.33. The number of hydrogen-bond donors (Lipinski definition) is 2. The average Bonchev–Trinajstić information content (AvgIpc) is 2.48. The van der Waals surface area contributed by atoms with Crippen molar-refractivity contribution in [2.45, 2.75) is 6.92 Å². The van der Waals surface area contributed by atoms with E-state index >= 15 is 0 Å². The molecule has 0 atom stereocenters. The largest absolute Gasteiger partial charge is 0.494 e. The average molecular weight is 305 g/mol. The number of halogens is 1. The predicted octanol–water partition coefficient (Wildman–Crippen LogP) is 4.03. The second-order valence-electron chi connectivity index (χ2n) is 4.35. The zero-order chi connectivity index (χ0) is 15.2. The molecular formula is C16H17ClN2O2. The second-order valence-corrected chi connectivity index (χ2v) is 4.79. The van der Waals surface area contributed by atoms with Crippen LogP contribution in [0.2, 0.25) is 5.02 Å². The van der Waals surface area contributed by atoms with E-state index in [1.54, 1.807) is 31.3 Å². The van der Waals surface area contributed by atoms with E-state index in [-0.39, 0.29) is 5.91 Å². The van der Waals surface area contributed by atoms with Gasteiger partial charge in [0.2, 0.25) is 0 Å². The molecule has 0 unspecified atom stereocenters. The SMILES string of the molecule is CCOc1cccc(NC(=O)c2cc(Cl)ccc2NC)c1. The Morgan fingerprint density at radius 1 is 1.24 bits per heavy atom. The van der Waals surface area contributed by atoms with Gasteiger partial charge in [-0.15, -0.1) is 0 Å². The summed E-state index contributed by atoms with van der Waals surface area (Å²) in [6, 6.07) is 12.4. The monoisotopic (exact) mass is 304 g/mol. The molecule has 21 heavy (non-hydrogen) atoms. The Morgan fingerprint density at radius 3 is 2.76 bits per heavy atom. The Kier molecular flexibility index (Phi) is 5.06. The molecule has 0 heterocycles. The topological polar surface area (TPSA) is 50.4 Å². The number of amides is 1. The molecule has 2 rings (SSSR count). The molecule has 0 bridgehead atoms. The Hall–Kier alpha value is -2.20. The van der Waals surface area contributed by atoms with Crippen LogP contribution in [0.5, 0.6) is 5.75 Å². The highest BCUT2D eigenvalue weighted by Gasteiger charge is 2.12. The number of hydrogen-bond acceptors (Lipinski definition) is 3. The number of ether oxygens (including phenoxy) is 1. The van der Waals surface area contributed by atoms with Crippen molar-refractivity contribution in [3.05, 3.63) is 53.1 Å². The molecule has 0 aromatic heterocycles. The van der Waals surface area contributed by atoms with Gasteiger partial charge in [-0.2, -0.15) is 0 Å². The predicted molar refractivity (Wildman–Crippen MR) is 86.6 cm³/mol. The van der Waals surface area contributed by atoms with Crippen LogP contribution in [0.1, 0.15) is 17.3 Å². The maximum atomic E-state index is 12.4. The molecule has 5 heteroatoms. The highest BCUT2D eigenvalue weighted by Crippen LogP contribution is 2.23. The molecule has 0 radical (unpaired) electrons. The van der Waals surface area contributed by atoms with E-state index in [2.05, 4.69) is 10.6 Å². The third-order valence-corrected chi connectivity index (χ3v) is 3.13. The van der Waals surface area contributed by atoms with Gasteiger partial charge in [0.25, 0.3) is 5.91 Å². The molecule has 0 saturated heterocycles. The van der Waals surface area contributed by atoms with Gasteiger partial charge in [0, 0.05) is 29.5 Å². The van der Waals surface area contributed by atoms with E-state index in [1.807, 2.05) is 25.1 Å². The van der Waals surface area contributed by atoms with Crippen LogP contribution in [0.3, 0.4) is 0 Å². The first-order valence-electron chi connectivity index (χ1n) is 6.65. The fourth-order valence-corrected chi connectivity index (χ4v) is 2.12. The molecular weight excluding hydrogens is 288 g/mol. The van der Waals surface area contributed by atoms with Crippen LogP contribution in [0.4, 0.5) is 11.4 Å². The maximum Gasteiger partial charge on any atom is 0.257 e. The molecule has 2 aromatic rings. The van der Waals surface area contributed by atoms with E-state index in [1.165, 1.54) is 0 Å². The molecule has 1 amide bonds. The Balaban J connectivity index is 2.21. The number of rotatable bonds is 5. The summed E-state index contributed by atoms with van der Waals surface area (Å²) in [6.07, 6.45) is 0. The molecule has 110 valence electrons. The number of nitrogens with one attached hydrogen (secondary N) is 2. The minimum Gasteiger partial charge on any atom is -0.494 e.